The SMILES string of the molecule is CC1CN(c2ccc(C(=O)NC3(CC(=O)O)CCOCC3)cn2)CC(C)O1. The van der Waals surface area contributed by atoms with Crippen LogP contribution in [0.4, 0.5) is 5.82 Å². The first-order valence-electron chi connectivity index (χ1n) is 9.35. The Morgan fingerprint density at radius 3 is 2.48 bits per heavy atom. The molecule has 1 aromatic heterocycles. The Bertz CT molecular complexity index is 662. The number of ether oxygens (including phenoxy) is 2. The summed E-state index contributed by atoms with van der Waals surface area (Å²) in [5.41, 5.74) is -0.348. The molecule has 148 valence electrons. The molecule has 2 aliphatic rings. The average molecular weight is 377 g/mol. The second-order valence-corrected chi connectivity index (χ2v) is 7.48. The van der Waals surface area contributed by atoms with Crippen LogP contribution in [0.15, 0.2) is 18.3 Å². The van der Waals surface area contributed by atoms with Crippen LogP contribution in [-0.2, 0) is 14.3 Å². The smallest absolute Gasteiger partial charge is 0.305 e. The van der Waals surface area contributed by atoms with Crippen LogP contribution in [-0.4, -0.2) is 66.0 Å². The zero-order chi connectivity index (χ0) is 19.4. The molecule has 0 saturated carbocycles. The number of nitrogens with zero attached hydrogens (tertiary/aromatic N) is 2. The maximum absolute atomic E-state index is 12.7. The summed E-state index contributed by atoms with van der Waals surface area (Å²) in [6.45, 7) is 6.45. The molecule has 3 heterocycles. The number of carboxylic acid groups (broad SMARTS) is 1. The normalized spacial score (nSPS) is 25.0. The van der Waals surface area contributed by atoms with Crippen LogP contribution in [0.5, 0.6) is 0 Å². The molecule has 0 radical (unpaired) electrons. The van der Waals surface area contributed by atoms with Gasteiger partial charge in [0.05, 0.1) is 29.7 Å². The number of carboxylic acids is 1. The highest BCUT2D eigenvalue weighted by atomic mass is 16.5. The molecule has 8 heteroatoms. The molecule has 2 atom stereocenters. The van der Waals surface area contributed by atoms with Gasteiger partial charge in [0.15, 0.2) is 0 Å². The maximum atomic E-state index is 12.7. The van der Waals surface area contributed by atoms with E-state index in [1.54, 1.807) is 12.3 Å². The summed E-state index contributed by atoms with van der Waals surface area (Å²) in [5.74, 6) is -0.429. The van der Waals surface area contributed by atoms with Gasteiger partial charge in [-0.25, -0.2) is 4.98 Å². The molecule has 0 aliphatic carbocycles. The second kappa shape index (κ2) is 8.22. The molecule has 0 aromatic carbocycles. The number of aliphatic carboxylic acids is 1. The van der Waals surface area contributed by atoms with E-state index in [-0.39, 0.29) is 24.5 Å². The first-order valence-corrected chi connectivity index (χ1v) is 9.35. The van der Waals surface area contributed by atoms with E-state index in [4.69, 9.17) is 9.47 Å². The lowest BCUT2D eigenvalue weighted by atomic mass is 9.86. The standard InChI is InChI=1S/C19H27N3O5/c1-13-11-22(12-14(2)27-13)16-4-3-15(10-20-16)18(25)21-19(9-17(23)24)5-7-26-8-6-19/h3-4,10,13-14H,5-9,11-12H2,1-2H3,(H,21,25)(H,23,24). The Labute approximate surface area is 158 Å². The number of amides is 1. The number of carbonyl (C=O) groups is 2. The Balaban J connectivity index is 1.68. The van der Waals surface area contributed by atoms with Crippen LogP contribution >= 0.6 is 0 Å². The Hall–Kier alpha value is -2.19. The molecule has 2 saturated heterocycles. The molecule has 3 rings (SSSR count). The van der Waals surface area contributed by atoms with Gasteiger partial charge in [-0.3, -0.25) is 9.59 Å². The molecule has 8 nitrogen and oxygen atoms in total. The third kappa shape index (κ3) is 4.95. The monoisotopic (exact) mass is 377 g/mol. The molecule has 0 bridgehead atoms. The van der Waals surface area contributed by atoms with E-state index in [2.05, 4.69) is 15.2 Å². The number of morpholine rings is 1. The van der Waals surface area contributed by atoms with Crippen LogP contribution in [0.3, 0.4) is 0 Å². The first-order chi connectivity index (χ1) is 12.9. The van der Waals surface area contributed by atoms with Crippen LogP contribution in [0.2, 0.25) is 0 Å². The molecule has 1 amide bonds. The molecule has 2 aliphatic heterocycles. The van der Waals surface area contributed by atoms with E-state index < -0.39 is 11.5 Å². The molecule has 2 unspecified atom stereocenters. The van der Waals surface area contributed by atoms with Crippen molar-refractivity contribution < 1.29 is 24.2 Å². The van der Waals surface area contributed by atoms with E-state index in [1.165, 1.54) is 0 Å². The van der Waals surface area contributed by atoms with Crippen LogP contribution in [0, 0.1) is 0 Å². The van der Waals surface area contributed by atoms with Gasteiger partial charge in [-0.2, -0.15) is 0 Å². The van der Waals surface area contributed by atoms with Crippen molar-refractivity contribution in [3.05, 3.63) is 23.9 Å². The number of anilines is 1. The zero-order valence-electron chi connectivity index (χ0n) is 15.8. The number of hydrogen-bond acceptors (Lipinski definition) is 6. The Kier molecular flexibility index (Phi) is 5.96. The quantitative estimate of drug-likeness (QED) is 0.801. The van der Waals surface area contributed by atoms with Crippen molar-refractivity contribution in [2.75, 3.05) is 31.2 Å². The number of nitrogens with one attached hydrogen (secondary N) is 1. The van der Waals surface area contributed by atoms with Crippen molar-refractivity contribution in [1.29, 1.82) is 0 Å². The average Bonchev–Trinajstić information content (AvgIpc) is 2.61. The molecule has 1 aromatic rings. The number of pyridine rings is 1. The third-order valence-corrected chi connectivity index (χ3v) is 5.07. The Morgan fingerprint density at radius 2 is 1.93 bits per heavy atom. The fourth-order valence-electron chi connectivity index (χ4n) is 3.78. The zero-order valence-corrected chi connectivity index (χ0v) is 15.8. The van der Waals surface area contributed by atoms with Crippen molar-refractivity contribution in [3.8, 4) is 0 Å². The van der Waals surface area contributed by atoms with Gasteiger partial charge >= 0.3 is 5.97 Å². The van der Waals surface area contributed by atoms with Crippen molar-refractivity contribution in [2.45, 2.75) is 50.9 Å². The summed E-state index contributed by atoms with van der Waals surface area (Å²) >= 11 is 0. The van der Waals surface area contributed by atoms with Crippen LogP contribution in [0.1, 0.15) is 43.5 Å². The van der Waals surface area contributed by atoms with Gasteiger partial charge < -0.3 is 24.8 Å². The van der Waals surface area contributed by atoms with Gasteiger partial charge in [0.25, 0.3) is 5.91 Å². The highest BCUT2D eigenvalue weighted by Gasteiger charge is 2.36. The predicted molar refractivity (Wildman–Crippen MR) is 99.0 cm³/mol. The fourth-order valence-corrected chi connectivity index (χ4v) is 3.78. The molecule has 27 heavy (non-hydrogen) atoms. The lowest BCUT2D eigenvalue weighted by molar-refractivity contribution is -0.139. The number of rotatable bonds is 5. The van der Waals surface area contributed by atoms with Crippen molar-refractivity contribution >= 4 is 17.7 Å². The number of hydrogen-bond donors (Lipinski definition) is 2. The minimum absolute atomic E-state index is 0.114. The summed E-state index contributed by atoms with van der Waals surface area (Å²) in [4.78, 5) is 30.5. The topological polar surface area (TPSA) is 101 Å². The van der Waals surface area contributed by atoms with E-state index in [1.807, 2.05) is 19.9 Å². The third-order valence-electron chi connectivity index (χ3n) is 5.07. The summed E-state index contributed by atoms with van der Waals surface area (Å²) in [5, 5.41) is 12.1. The number of aromatic nitrogens is 1. The number of carbonyl (C=O) groups excluding carboxylic acids is 1. The molecule has 0 spiro atoms. The molecule has 2 fully saturated rings. The van der Waals surface area contributed by atoms with Gasteiger partial charge in [0.2, 0.25) is 0 Å². The minimum atomic E-state index is -0.929. The molecular formula is C19H27N3O5. The Morgan fingerprint density at radius 1 is 1.26 bits per heavy atom. The van der Waals surface area contributed by atoms with E-state index >= 15 is 0 Å². The lowest BCUT2D eigenvalue weighted by Crippen LogP contribution is -2.53. The van der Waals surface area contributed by atoms with Crippen molar-refractivity contribution in [1.82, 2.24) is 10.3 Å². The van der Waals surface area contributed by atoms with Gasteiger partial charge in [0, 0.05) is 32.5 Å². The maximum Gasteiger partial charge on any atom is 0.305 e. The van der Waals surface area contributed by atoms with Gasteiger partial charge in [-0.05, 0) is 38.8 Å². The first kappa shape index (κ1) is 19.6. The van der Waals surface area contributed by atoms with Crippen LogP contribution < -0.4 is 10.2 Å². The summed E-state index contributed by atoms with van der Waals surface area (Å²) < 4.78 is 11.1. The highest BCUT2D eigenvalue weighted by molar-refractivity contribution is 5.95. The summed E-state index contributed by atoms with van der Waals surface area (Å²) in [7, 11) is 0. The van der Waals surface area contributed by atoms with E-state index in [0.717, 1.165) is 18.9 Å². The lowest BCUT2D eigenvalue weighted by Gasteiger charge is -2.37. The van der Waals surface area contributed by atoms with Gasteiger partial charge in [0.1, 0.15) is 5.82 Å². The van der Waals surface area contributed by atoms with Crippen molar-refractivity contribution in [2.24, 2.45) is 0 Å². The van der Waals surface area contributed by atoms with Crippen molar-refractivity contribution in [3.63, 3.8) is 0 Å². The van der Waals surface area contributed by atoms with Gasteiger partial charge in [-0.1, -0.05) is 0 Å². The minimum Gasteiger partial charge on any atom is -0.481 e. The predicted octanol–water partition coefficient (Wildman–Crippen LogP) is 1.45. The molecular weight excluding hydrogens is 350 g/mol. The summed E-state index contributed by atoms with van der Waals surface area (Å²) in [6.07, 6.45) is 2.66. The second-order valence-electron chi connectivity index (χ2n) is 7.48. The highest BCUT2D eigenvalue weighted by Crippen LogP contribution is 2.25. The summed E-state index contributed by atoms with van der Waals surface area (Å²) in [6, 6.07) is 3.56. The van der Waals surface area contributed by atoms with Gasteiger partial charge in [-0.15, -0.1) is 0 Å². The van der Waals surface area contributed by atoms with E-state index in [9.17, 15) is 14.7 Å². The van der Waals surface area contributed by atoms with E-state index in [0.29, 0.717) is 31.6 Å². The van der Waals surface area contributed by atoms with Crippen LogP contribution in [0.25, 0.3) is 0 Å². The largest absolute Gasteiger partial charge is 0.481 e. The molecule has 2 N–H and O–H groups in total. The fraction of sp³-hybridized carbons (Fsp3) is 0.632.